The van der Waals surface area contributed by atoms with Crippen molar-refractivity contribution >= 4 is 6.29 Å². The van der Waals surface area contributed by atoms with E-state index in [4.69, 9.17) is 4.74 Å². The highest BCUT2D eigenvalue weighted by molar-refractivity contribution is 5.91. The van der Waals surface area contributed by atoms with Crippen molar-refractivity contribution in [3.63, 3.8) is 0 Å². The van der Waals surface area contributed by atoms with Crippen LogP contribution in [-0.4, -0.2) is 12.9 Å². The number of carbonyl (C=O) groups is 1. The van der Waals surface area contributed by atoms with Gasteiger partial charge in [0.25, 0.3) is 0 Å². The zero-order chi connectivity index (χ0) is 18.1. The number of unbranched alkanes of at least 4 members (excludes halogenated alkanes) is 5. The van der Waals surface area contributed by atoms with Gasteiger partial charge in [0.2, 0.25) is 0 Å². The van der Waals surface area contributed by atoms with E-state index < -0.39 is 11.6 Å². The predicted molar refractivity (Wildman–Crippen MR) is 96.1 cm³/mol. The van der Waals surface area contributed by atoms with Gasteiger partial charge in [-0.3, -0.25) is 4.79 Å². The van der Waals surface area contributed by atoms with Crippen LogP contribution in [0.4, 0.5) is 8.78 Å². The van der Waals surface area contributed by atoms with Crippen LogP contribution < -0.4 is 4.74 Å². The maximum atomic E-state index is 14.1. The molecule has 0 radical (unpaired) electrons. The van der Waals surface area contributed by atoms with Crippen molar-refractivity contribution < 1.29 is 18.3 Å². The molecule has 0 heterocycles. The number of rotatable bonds is 10. The molecule has 0 aromatic heterocycles. The molecule has 0 spiro atoms. The van der Waals surface area contributed by atoms with Gasteiger partial charge in [-0.2, -0.15) is 0 Å². The molecule has 25 heavy (non-hydrogen) atoms. The lowest BCUT2D eigenvalue weighted by atomic mass is 9.99. The molecule has 0 fully saturated rings. The fraction of sp³-hybridized carbons (Fsp3) is 0.381. The highest BCUT2D eigenvalue weighted by atomic mass is 19.2. The summed E-state index contributed by atoms with van der Waals surface area (Å²) in [6, 6.07) is 8.90. The lowest BCUT2D eigenvalue weighted by molar-refractivity contribution is 0.112. The second-order valence-electron chi connectivity index (χ2n) is 6.05. The van der Waals surface area contributed by atoms with Crippen LogP contribution in [0.5, 0.6) is 5.75 Å². The maximum absolute atomic E-state index is 14.1. The SMILES string of the molecule is CCCCCCCCOc1cccc(-c2cccc(F)c2F)c1C=O. The summed E-state index contributed by atoms with van der Waals surface area (Å²) in [7, 11) is 0. The third-order valence-corrected chi connectivity index (χ3v) is 4.18. The smallest absolute Gasteiger partial charge is 0.166 e. The average Bonchev–Trinajstić information content (AvgIpc) is 2.63. The van der Waals surface area contributed by atoms with Crippen molar-refractivity contribution in [3.05, 3.63) is 53.6 Å². The van der Waals surface area contributed by atoms with Gasteiger partial charge >= 0.3 is 0 Å². The van der Waals surface area contributed by atoms with Crippen molar-refractivity contribution in [2.75, 3.05) is 6.61 Å². The molecule has 0 N–H and O–H groups in total. The summed E-state index contributed by atoms with van der Waals surface area (Å²) in [6.07, 6.45) is 7.47. The van der Waals surface area contributed by atoms with E-state index in [-0.39, 0.29) is 11.1 Å². The van der Waals surface area contributed by atoms with Gasteiger partial charge in [-0.1, -0.05) is 63.3 Å². The Balaban J connectivity index is 2.08. The Hall–Kier alpha value is -2.23. The van der Waals surface area contributed by atoms with Crippen LogP contribution in [0.25, 0.3) is 11.1 Å². The molecule has 134 valence electrons. The molecule has 0 aliphatic carbocycles. The molecule has 2 nitrogen and oxygen atoms in total. The van der Waals surface area contributed by atoms with Crippen molar-refractivity contribution in [1.82, 2.24) is 0 Å². The maximum Gasteiger partial charge on any atom is 0.166 e. The number of halogens is 2. The van der Waals surface area contributed by atoms with Gasteiger partial charge in [-0.05, 0) is 24.1 Å². The average molecular weight is 346 g/mol. The molecular formula is C21H24F2O2. The number of benzene rings is 2. The van der Waals surface area contributed by atoms with Crippen LogP contribution >= 0.6 is 0 Å². The Labute approximate surface area is 147 Å². The van der Waals surface area contributed by atoms with Crippen molar-refractivity contribution in [1.29, 1.82) is 0 Å². The number of hydrogen-bond donors (Lipinski definition) is 0. The topological polar surface area (TPSA) is 26.3 Å². The summed E-state index contributed by atoms with van der Waals surface area (Å²) in [4.78, 5) is 11.5. The molecule has 0 unspecified atom stereocenters. The van der Waals surface area contributed by atoms with Crippen LogP contribution in [0.3, 0.4) is 0 Å². The van der Waals surface area contributed by atoms with Gasteiger partial charge in [0.1, 0.15) is 5.75 Å². The zero-order valence-corrected chi connectivity index (χ0v) is 14.6. The molecule has 4 heteroatoms. The Morgan fingerprint density at radius 3 is 2.36 bits per heavy atom. The van der Waals surface area contributed by atoms with E-state index in [0.717, 1.165) is 18.9 Å². The zero-order valence-electron chi connectivity index (χ0n) is 14.6. The minimum atomic E-state index is -0.960. The van der Waals surface area contributed by atoms with Gasteiger partial charge in [0.05, 0.1) is 12.2 Å². The standard InChI is InChI=1S/C21H24F2O2/c1-2-3-4-5-6-7-14-25-20-13-9-10-16(18(20)15-24)17-11-8-12-19(22)21(17)23/h8-13,15H,2-7,14H2,1H3. The first-order valence-corrected chi connectivity index (χ1v) is 8.84. The third-order valence-electron chi connectivity index (χ3n) is 4.18. The lowest BCUT2D eigenvalue weighted by Crippen LogP contribution is -2.02. The second kappa shape index (κ2) is 9.92. The van der Waals surface area contributed by atoms with Gasteiger partial charge in [-0.25, -0.2) is 8.78 Å². The summed E-state index contributed by atoms with van der Waals surface area (Å²) >= 11 is 0. The monoisotopic (exact) mass is 346 g/mol. The number of ether oxygens (including phenoxy) is 1. The molecule has 0 amide bonds. The van der Waals surface area contributed by atoms with Gasteiger partial charge in [-0.15, -0.1) is 0 Å². The highest BCUT2D eigenvalue weighted by Gasteiger charge is 2.16. The Morgan fingerprint density at radius 1 is 0.920 bits per heavy atom. The lowest BCUT2D eigenvalue weighted by Gasteiger charge is -2.13. The molecule has 2 aromatic carbocycles. The first-order chi connectivity index (χ1) is 12.2. The van der Waals surface area contributed by atoms with E-state index in [2.05, 4.69) is 6.92 Å². The fourth-order valence-corrected chi connectivity index (χ4v) is 2.80. The molecule has 2 aromatic rings. The molecule has 2 rings (SSSR count). The van der Waals surface area contributed by atoms with E-state index in [1.807, 2.05) is 0 Å². The molecule has 0 bridgehead atoms. The minimum Gasteiger partial charge on any atom is -0.493 e. The molecule has 0 aliphatic heterocycles. The van der Waals surface area contributed by atoms with E-state index in [1.165, 1.54) is 37.8 Å². The Morgan fingerprint density at radius 2 is 1.60 bits per heavy atom. The summed E-state index contributed by atoms with van der Waals surface area (Å²) in [5.74, 6) is -1.49. The van der Waals surface area contributed by atoms with E-state index in [1.54, 1.807) is 18.2 Å². The van der Waals surface area contributed by atoms with Gasteiger partial charge in [0.15, 0.2) is 17.9 Å². The quantitative estimate of drug-likeness (QED) is 0.379. The van der Waals surface area contributed by atoms with E-state index in [9.17, 15) is 13.6 Å². The van der Waals surface area contributed by atoms with E-state index in [0.29, 0.717) is 24.2 Å². The van der Waals surface area contributed by atoms with Crippen LogP contribution in [0.1, 0.15) is 55.8 Å². The second-order valence-corrected chi connectivity index (χ2v) is 6.05. The fourth-order valence-electron chi connectivity index (χ4n) is 2.80. The molecule has 0 atom stereocenters. The summed E-state index contributed by atoms with van der Waals surface area (Å²) in [6.45, 7) is 2.68. The van der Waals surface area contributed by atoms with Gasteiger partial charge in [0, 0.05) is 5.56 Å². The highest BCUT2D eigenvalue weighted by Crippen LogP contribution is 2.32. The van der Waals surface area contributed by atoms with E-state index >= 15 is 0 Å². The Bertz CT molecular complexity index is 698. The normalized spacial score (nSPS) is 10.7. The molecule has 0 saturated heterocycles. The molecule has 0 saturated carbocycles. The number of aldehydes is 1. The minimum absolute atomic E-state index is 0.0621. The van der Waals surface area contributed by atoms with Gasteiger partial charge < -0.3 is 4.74 Å². The molecular weight excluding hydrogens is 322 g/mol. The summed E-state index contributed by atoms with van der Waals surface area (Å²) in [5.41, 5.74) is 0.651. The first-order valence-electron chi connectivity index (χ1n) is 8.84. The van der Waals surface area contributed by atoms with Crippen molar-refractivity contribution in [2.45, 2.75) is 45.4 Å². The number of carbonyl (C=O) groups excluding carboxylic acids is 1. The van der Waals surface area contributed by atoms with Crippen LogP contribution in [-0.2, 0) is 0 Å². The Kier molecular flexibility index (Phi) is 7.58. The number of hydrogen-bond acceptors (Lipinski definition) is 2. The summed E-state index contributed by atoms with van der Waals surface area (Å²) < 4.78 is 33.3. The van der Waals surface area contributed by atoms with Crippen molar-refractivity contribution in [3.8, 4) is 16.9 Å². The van der Waals surface area contributed by atoms with Crippen LogP contribution in [0, 0.1) is 11.6 Å². The first kappa shape index (κ1) is 19.1. The molecule has 0 aliphatic rings. The van der Waals surface area contributed by atoms with Crippen LogP contribution in [0.15, 0.2) is 36.4 Å². The summed E-state index contributed by atoms with van der Waals surface area (Å²) in [5, 5.41) is 0. The predicted octanol–water partition coefficient (Wildman–Crippen LogP) is 6.18. The van der Waals surface area contributed by atoms with Crippen LogP contribution in [0.2, 0.25) is 0 Å². The van der Waals surface area contributed by atoms with Crippen molar-refractivity contribution in [2.24, 2.45) is 0 Å². The third kappa shape index (κ3) is 5.12. The largest absolute Gasteiger partial charge is 0.493 e.